The van der Waals surface area contributed by atoms with E-state index < -0.39 is 11.6 Å². The molecule has 4 rings (SSSR count). The summed E-state index contributed by atoms with van der Waals surface area (Å²) in [7, 11) is 0. The van der Waals surface area contributed by atoms with Crippen molar-refractivity contribution in [2.45, 2.75) is 76.7 Å². The van der Waals surface area contributed by atoms with Crippen LogP contribution in [0, 0.1) is 11.6 Å². The van der Waals surface area contributed by atoms with Crippen molar-refractivity contribution in [3.05, 3.63) is 75.6 Å². The maximum atomic E-state index is 13.4. The Morgan fingerprint density at radius 2 is 1.77 bits per heavy atom. The zero-order chi connectivity index (χ0) is 27.6. The Morgan fingerprint density at radius 3 is 2.56 bits per heavy atom. The van der Waals surface area contributed by atoms with Gasteiger partial charge in [-0.25, -0.2) is 8.78 Å². The number of carbonyl (C=O) groups is 1. The van der Waals surface area contributed by atoms with E-state index in [0.717, 1.165) is 80.5 Å². The van der Waals surface area contributed by atoms with Crippen LogP contribution >= 0.6 is 0 Å². The minimum atomic E-state index is -0.841. The molecule has 3 N–H and O–H groups in total. The molecule has 1 aliphatic carbocycles. The Hall–Kier alpha value is -3.26. The molecule has 1 heterocycles. The predicted molar refractivity (Wildman–Crippen MR) is 150 cm³/mol. The smallest absolute Gasteiger partial charge is 0.248 e. The first-order chi connectivity index (χ1) is 18.9. The fraction of sp³-hybridized carbons (Fsp3) is 0.484. The number of aromatic hydroxyl groups is 1. The number of benzene rings is 2. The molecule has 1 saturated carbocycles. The van der Waals surface area contributed by atoms with Gasteiger partial charge >= 0.3 is 0 Å². The number of phenols is 1. The van der Waals surface area contributed by atoms with Crippen LogP contribution in [-0.2, 0) is 17.6 Å². The van der Waals surface area contributed by atoms with Crippen LogP contribution in [0.3, 0.4) is 0 Å². The minimum absolute atomic E-state index is 0.0759. The molecule has 2 aromatic carbocycles. The number of rotatable bonds is 13. The summed E-state index contributed by atoms with van der Waals surface area (Å²) < 4.78 is 26.5. The van der Waals surface area contributed by atoms with E-state index in [0.29, 0.717) is 37.5 Å². The van der Waals surface area contributed by atoms with E-state index in [-0.39, 0.29) is 17.2 Å². The molecule has 0 spiro atoms. The van der Waals surface area contributed by atoms with Gasteiger partial charge in [-0.05, 0) is 80.5 Å². The van der Waals surface area contributed by atoms with Crippen molar-refractivity contribution in [2.75, 3.05) is 19.6 Å². The highest BCUT2D eigenvalue weighted by atomic mass is 19.2. The number of amides is 1. The van der Waals surface area contributed by atoms with Crippen molar-refractivity contribution in [2.24, 2.45) is 0 Å². The van der Waals surface area contributed by atoms with Gasteiger partial charge < -0.3 is 20.3 Å². The van der Waals surface area contributed by atoms with E-state index in [2.05, 4.69) is 15.2 Å². The van der Waals surface area contributed by atoms with Crippen LogP contribution in [0.2, 0.25) is 0 Å². The summed E-state index contributed by atoms with van der Waals surface area (Å²) in [5.41, 5.74) is 2.06. The van der Waals surface area contributed by atoms with E-state index in [1.807, 2.05) is 6.07 Å². The van der Waals surface area contributed by atoms with E-state index in [1.165, 1.54) is 18.6 Å². The van der Waals surface area contributed by atoms with Crippen molar-refractivity contribution in [3.8, 4) is 5.75 Å². The van der Waals surface area contributed by atoms with Crippen LogP contribution in [0.5, 0.6) is 5.75 Å². The van der Waals surface area contributed by atoms with Gasteiger partial charge in [-0.1, -0.05) is 37.8 Å². The summed E-state index contributed by atoms with van der Waals surface area (Å²) in [6.07, 6.45) is 10.4. The number of H-pyrrole nitrogens is 1. The number of aryl methyl sites for hydroxylation is 1. The first-order valence-corrected chi connectivity index (χ1v) is 14.2. The molecule has 1 amide bonds. The lowest BCUT2D eigenvalue weighted by molar-refractivity contribution is -0.134. The number of phenolic OH excluding ortho intramolecular Hbond substituents is 1. The fourth-order valence-electron chi connectivity index (χ4n) is 5.58. The third-order valence-corrected chi connectivity index (χ3v) is 7.73. The number of aromatic nitrogens is 1. The van der Waals surface area contributed by atoms with Crippen molar-refractivity contribution >= 4 is 16.8 Å². The number of fused-ring (bicyclic) bond motifs is 1. The molecule has 0 bridgehead atoms. The Bertz CT molecular complexity index is 1300. The summed E-state index contributed by atoms with van der Waals surface area (Å²) >= 11 is 0. The van der Waals surface area contributed by atoms with Crippen LogP contribution in [0.1, 0.15) is 68.9 Å². The highest BCUT2D eigenvalue weighted by Crippen LogP contribution is 2.27. The maximum Gasteiger partial charge on any atom is 0.248 e. The Morgan fingerprint density at radius 1 is 0.949 bits per heavy atom. The van der Waals surface area contributed by atoms with Gasteiger partial charge in [0.25, 0.3) is 0 Å². The quantitative estimate of drug-likeness (QED) is 0.247. The zero-order valence-corrected chi connectivity index (χ0v) is 22.5. The summed E-state index contributed by atoms with van der Waals surface area (Å²) in [5, 5.41) is 14.2. The lowest BCUT2D eigenvalue weighted by Gasteiger charge is -2.34. The molecule has 1 aliphatic rings. The minimum Gasteiger partial charge on any atom is -0.506 e. The normalized spacial score (nSPS) is 14.1. The van der Waals surface area contributed by atoms with Crippen LogP contribution < -0.4 is 10.9 Å². The number of halogens is 2. The molecule has 0 saturated heterocycles. The predicted octanol–water partition coefficient (Wildman–Crippen LogP) is 5.61. The zero-order valence-electron chi connectivity index (χ0n) is 22.5. The van der Waals surface area contributed by atoms with Crippen LogP contribution in [0.25, 0.3) is 10.9 Å². The van der Waals surface area contributed by atoms with Crippen LogP contribution in [0.15, 0.2) is 47.3 Å². The topological polar surface area (TPSA) is 85.4 Å². The van der Waals surface area contributed by atoms with Crippen molar-refractivity contribution in [3.63, 3.8) is 0 Å². The van der Waals surface area contributed by atoms with E-state index >= 15 is 0 Å². The van der Waals surface area contributed by atoms with Crippen molar-refractivity contribution in [1.29, 1.82) is 0 Å². The Labute approximate surface area is 228 Å². The average molecular weight is 540 g/mol. The van der Waals surface area contributed by atoms with E-state index in [9.17, 15) is 23.5 Å². The monoisotopic (exact) mass is 539 g/mol. The van der Waals surface area contributed by atoms with Gasteiger partial charge in [0.05, 0.1) is 5.52 Å². The molecular weight excluding hydrogens is 500 g/mol. The number of pyridine rings is 1. The van der Waals surface area contributed by atoms with Crippen LogP contribution in [0.4, 0.5) is 8.78 Å². The molecule has 39 heavy (non-hydrogen) atoms. The number of hydrogen-bond donors (Lipinski definition) is 3. The van der Waals surface area contributed by atoms with E-state index in [1.54, 1.807) is 18.2 Å². The first-order valence-electron chi connectivity index (χ1n) is 14.2. The maximum absolute atomic E-state index is 13.4. The highest BCUT2D eigenvalue weighted by Gasteiger charge is 2.24. The number of nitrogens with zero attached hydrogens (tertiary/aromatic N) is 1. The average Bonchev–Trinajstić information content (AvgIpc) is 2.94. The molecule has 1 fully saturated rings. The molecule has 210 valence electrons. The second kappa shape index (κ2) is 14.2. The molecule has 6 nitrogen and oxygen atoms in total. The Balaban J connectivity index is 1.23. The molecule has 8 heteroatoms. The van der Waals surface area contributed by atoms with Gasteiger partial charge in [0.2, 0.25) is 11.5 Å². The van der Waals surface area contributed by atoms with E-state index in [4.69, 9.17) is 0 Å². The first kappa shape index (κ1) is 28.7. The van der Waals surface area contributed by atoms with Gasteiger partial charge in [0, 0.05) is 37.0 Å². The highest BCUT2D eigenvalue weighted by molar-refractivity contribution is 5.87. The lowest BCUT2D eigenvalue weighted by atomic mass is 9.93. The van der Waals surface area contributed by atoms with Gasteiger partial charge in [0.15, 0.2) is 11.6 Å². The molecule has 0 atom stereocenters. The standard InChI is InChI=1S/C31H39F2N3O3/c32-26-13-10-22(21-27(26)33)16-18-34-19-17-30(39)36(24-8-4-1-5-9-24)20-6-2-3-7-23-11-14-28(37)31-25(23)12-15-29(38)35-31/h10-15,21,24,34,37H,1-9,16-20H2,(H,35,38). The molecule has 1 aromatic heterocycles. The van der Waals surface area contributed by atoms with Gasteiger partial charge in [-0.15, -0.1) is 0 Å². The number of unbranched alkanes of at least 4 members (excludes halogenated alkanes) is 2. The summed E-state index contributed by atoms with van der Waals surface area (Å²) in [6.45, 7) is 1.91. The second-order valence-electron chi connectivity index (χ2n) is 10.5. The number of carbonyl (C=O) groups excluding carboxylic acids is 1. The third-order valence-electron chi connectivity index (χ3n) is 7.73. The number of hydrogen-bond acceptors (Lipinski definition) is 4. The summed E-state index contributed by atoms with van der Waals surface area (Å²) in [4.78, 5) is 29.6. The molecule has 0 unspecified atom stereocenters. The largest absolute Gasteiger partial charge is 0.506 e. The SMILES string of the molecule is O=C(CCNCCc1ccc(F)c(F)c1)N(CCCCCc1ccc(O)c2[nH]c(=O)ccc12)C1CCCCC1. The van der Waals surface area contributed by atoms with Gasteiger partial charge in [-0.3, -0.25) is 9.59 Å². The third kappa shape index (κ3) is 8.12. The lowest BCUT2D eigenvalue weighted by Crippen LogP contribution is -2.43. The number of aromatic amines is 1. The second-order valence-corrected chi connectivity index (χ2v) is 10.5. The molecule has 0 radical (unpaired) electrons. The number of nitrogens with one attached hydrogen (secondary N) is 2. The fourth-order valence-corrected chi connectivity index (χ4v) is 5.58. The molecule has 3 aromatic rings. The van der Waals surface area contributed by atoms with Gasteiger partial charge in [-0.2, -0.15) is 0 Å². The molecule has 0 aliphatic heterocycles. The summed E-state index contributed by atoms with van der Waals surface area (Å²) in [6, 6.07) is 11.0. The van der Waals surface area contributed by atoms with Crippen LogP contribution in [-0.4, -0.2) is 46.6 Å². The van der Waals surface area contributed by atoms with Crippen molar-refractivity contribution in [1.82, 2.24) is 15.2 Å². The van der Waals surface area contributed by atoms with Crippen molar-refractivity contribution < 1.29 is 18.7 Å². The molecular formula is C31H39F2N3O3. The summed E-state index contributed by atoms with van der Waals surface area (Å²) in [5.74, 6) is -1.42. The Kier molecular flexibility index (Phi) is 10.5. The van der Waals surface area contributed by atoms with Gasteiger partial charge in [0.1, 0.15) is 5.75 Å².